The van der Waals surface area contributed by atoms with Gasteiger partial charge in [-0.2, -0.15) is 9.78 Å². The molecule has 0 bridgehead atoms. The summed E-state index contributed by atoms with van der Waals surface area (Å²) < 4.78 is 2.13. The van der Waals surface area contributed by atoms with Gasteiger partial charge in [0.1, 0.15) is 11.6 Å². The van der Waals surface area contributed by atoms with E-state index in [1.165, 1.54) is 4.68 Å². The third-order valence-corrected chi connectivity index (χ3v) is 5.53. The van der Waals surface area contributed by atoms with Crippen molar-refractivity contribution in [3.63, 3.8) is 0 Å². The number of fused-ring (bicyclic) bond motifs is 1. The van der Waals surface area contributed by atoms with Crippen LogP contribution in [0.1, 0.15) is 64.1 Å². The second-order valence-corrected chi connectivity index (χ2v) is 10.6. The molecule has 2 aromatic carbocycles. The molecule has 0 atom stereocenters. The number of aromatic nitrogens is 2. The molecule has 3 rings (SSSR count). The summed E-state index contributed by atoms with van der Waals surface area (Å²) in [6, 6.07) is 9.29. The molecule has 3 aromatic rings. The van der Waals surface area contributed by atoms with Gasteiger partial charge in [-0.1, -0.05) is 57.5 Å². The Morgan fingerprint density at radius 3 is 2.13 bits per heavy atom. The van der Waals surface area contributed by atoms with Crippen molar-refractivity contribution in [1.82, 2.24) is 9.66 Å². The van der Waals surface area contributed by atoms with Crippen LogP contribution >= 0.6 is 15.9 Å². The van der Waals surface area contributed by atoms with Crippen molar-refractivity contribution in [2.45, 2.75) is 59.3 Å². The van der Waals surface area contributed by atoms with Crippen molar-refractivity contribution in [1.29, 1.82) is 0 Å². The van der Waals surface area contributed by atoms with E-state index in [9.17, 15) is 9.90 Å². The molecule has 30 heavy (non-hydrogen) atoms. The maximum absolute atomic E-state index is 13.0. The Kier molecular flexibility index (Phi) is 5.67. The molecule has 0 fully saturated rings. The fraction of sp³-hybridized carbons (Fsp3) is 0.375. The van der Waals surface area contributed by atoms with E-state index < -0.39 is 0 Å². The van der Waals surface area contributed by atoms with Crippen molar-refractivity contribution in [3.05, 3.63) is 67.7 Å². The van der Waals surface area contributed by atoms with Crippen molar-refractivity contribution < 1.29 is 5.11 Å². The van der Waals surface area contributed by atoms with E-state index in [2.05, 4.69) is 67.6 Å². The van der Waals surface area contributed by atoms with E-state index >= 15 is 0 Å². The standard InChI is InChI=1S/C24H28BrN3O2/c1-14-27-20-9-8-16(25)12-17(20)22(30)28(14)26-13-15-10-18(23(2,3)4)21(29)19(11-15)24(5,6)7/h8-13,29H,1-7H3. The number of halogens is 1. The van der Waals surface area contributed by atoms with Gasteiger partial charge in [0.05, 0.1) is 17.1 Å². The van der Waals surface area contributed by atoms with Gasteiger partial charge in [0.2, 0.25) is 0 Å². The van der Waals surface area contributed by atoms with Crippen LogP contribution < -0.4 is 5.56 Å². The van der Waals surface area contributed by atoms with Gasteiger partial charge < -0.3 is 5.11 Å². The highest BCUT2D eigenvalue weighted by atomic mass is 79.9. The number of hydrogen-bond donors (Lipinski definition) is 1. The molecule has 6 heteroatoms. The molecule has 0 radical (unpaired) electrons. The van der Waals surface area contributed by atoms with Crippen LogP contribution in [0.15, 0.2) is 44.7 Å². The summed E-state index contributed by atoms with van der Waals surface area (Å²) >= 11 is 3.41. The van der Waals surface area contributed by atoms with E-state index in [4.69, 9.17) is 0 Å². The lowest BCUT2D eigenvalue weighted by Gasteiger charge is -2.27. The van der Waals surface area contributed by atoms with Crippen molar-refractivity contribution in [2.75, 3.05) is 0 Å². The third-order valence-electron chi connectivity index (χ3n) is 5.04. The Morgan fingerprint density at radius 2 is 1.60 bits per heavy atom. The van der Waals surface area contributed by atoms with Crippen LogP contribution in [0.2, 0.25) is 0 Å². The summed E-state index contributed by atoms with van der Waals surface area (Å²) in [4.78, 5) is 17.5. The minimum Gasteiger partial charge on any atom is -0.507 e. The first-order valence-electron chi connectivity index (χ1n) is 9.90. The van der Waals surface area contributed by atoms with Gasteiger partial charge >= 0.3 is 0 Å². The summed E-state index contributed by atoms with van der Waals surface area (Å²) in [6.45, 7) is 14.2. The SMILES string of the molecule is Cc1nc2ccc(Br)cc2c(=O)n1N=Cc1cc(C(C)(C)C)c(O)c(C(C)(C)C)c1. The topological polar surface area (TPSA) is 67.5 Å². The van der Waals surface area contributed by atoms with E-state index in [1.807, 2.05) is 24.3 Å². The maximum atomic E-state index is 13.0. The Balaban J connectivity index is 2.18. The Hall–Kier alpha value is -2.47. The molecule has 1 N–H and O–H groups in total. The summed E-state index contributed by atoms with van der Waals surface area (Å²) in [5, 5.41) is 15.8. The molecule has 0 aliphatic carbocycles. The zero-order valence-electron chi connectivity index (χ0n) is 18.5. The lowest BCUT2D eigenvalue weighted by atomic mass is 9.78. The summed E-state index contributed by atoms with van der Waals surface area (Å²) in [5.41, 5.74) is 2.46. The molecular weight excluding hydrogens is 442 g/mol. The predicted octanol–water partition coefficient (Wildman–Crippen LogP) is 5.65. The molecule has 1 heterocycles. The Labute approximate surface area is 185 Å². The van der Waals surface area contributed by atoms with Crippen LogP contribution in [0.4, 0.5) is 0 Å². The summed E-state index contributed by atoms with van der Waals surface area (Å²) in [7, 11) is 0. The first kappa shape index (κ1) is 22.2. The third kappa shape index (κ3) is 4.33. The Morgan fingerprint density at radius 1 is 1.03 bits per heavy atom. The quantitative estimate of drug-likeness (QED) is 0.492. The first-order valence-corrected chi connectivity index (χ1v) is 10.7. The molecule has 0 amide bonds. The van der Waals surface area contributed by atoms with Crippen LogP contribution in [0.3, 0.4) is 0 Å². The predicted molar refractivity (Wildman–Crippen MR) is 127 cm³/mol. The number of hydrogen-bond acceptors (Lipinski definition) is 4. The zero-order chi connectivity index (χ0) is 22.4. The molecule has 158 valence electrons. The van der Waals surface area contributed by atoms with Crippen molar-refractivity contribution >= 4 is 33.0 Å². The van der Waals surface area contributed by atoms with Crippen molar-refractivity contribution in [2.24, 2.45) is 5.10 Å². The van der Waals surface area contributed by atoms with Gasteiger partial charge in [-0.3, -0.25) is 4.79 Å². The molecule has 0 saturated heterocycles. The number of phenolic OH excluding ortho intramolecular Hbond substituents is 1. The summed E-state index contributed by atoms with van der Waals surface area (Å²) in [5.74, 6) is 0.828. The van der Waals surface area contributed by atoms with Crippen LogP contribution in [0, 0.1) is 6.92 Å². The van der Waals surface area contributed by atoms with Crippen molar-refractivity contribution in [3.8, 4) is 5.75 Å². The highest BCUT2D eigenvalue weighted by molar-refractivity contribution is 9.10. The minimum absolute atomic E-state index is 0.221. The second kappa shape index (κ2) is 7.65. The fourth-order valence-corrected chi connectivity index (χ4v) is 3.76. The van der Waals surface area contributed by atoms with E-state index in [0.717, 1.165) is 21.2 Å². The van der Waals surface area contributed by atoms with Gasteiger partial charge in [0.25, 0.3) is 5.56 Å². The minimum atomic E-state index is -0.239. The van der Waals surface area contributed by atoms with Gasteiger partial charge in [0, 0.05) is 15.6 Å². The van der Waals surface area contributed by atoms with Crippen LogP contribution in [0.5, 0.6) is 5.75 Å². The smallest absolute Gasteiger partial charge is 0.282 e. The number of aromatic hydroxyl groups is 1. The maximum Gasteiger partial charge on any atom is 0.282 e. The zero-order valence-corrected chi connectivity index (χ0v) is 20.1. The molecule has 0 unspecified atom stereocenters. The van der Waals surface area contributed by atoms with Crippen LogP contribution in [-0.2, 0) is 10.8 Å². The molecule has 0 saturated carbocycles. The molecule has 0 aliphatic rings. The molecular formula is C24H28BrN3O2. The van der Waals surface area contributed by atoms with Gasteiger partial charge in [-0.05, 0) is 53.6 Å². The lowest BCUT2D eigenvalue weighted by Crippen LogP contribution is -2.21. The largest absolute Gasteiger partial charge is 0.507 e. The Bertz CT molecular complexity index is 1180. The second-order valence-electron chi connectivity index (χ2n) is 9.65. The number of rotatable bonds is 2. The average Bonchev–Trinajstić information content (AvgIpc) is 2.61. The molecule has 1 aromatic heterocycles. The van der Waals surface area contributed by atoms with E-state index in [1.54, 1.807) is 19.2 Å². The first-order chi connectivity index (χ1) is 13.8. The fourth-order valence-electron chi connectivity index (χ4n) is 3.39. The average molecular weight is 470 g/mol. The highest BCUT2D eigenvalue weighted by Gasteiger charge is 2.26. The number of phenols is 1. The molecule has 0 aliphatic heterocycles. The monoisotopic (exact) mass is 469 g/mol. The van der Waals surface area contributed by atoms with Crippen LogP contribution in [0.25, 0.3) is 10.9 Å². The molecule has 0 spiro atoms. The molecule has 5 nitrogen and oxygen atoms in total. The number of aryl methyl sites for hydroxylation is 1. The number of nitrogens with zero attached hydrogens (tertiary/aromatic N) is 3. The van der Waals surface area contributed by atoms with Gasteiger partial charge in [-0.25, -0.2) is 4.98 Å². The van der Waals surface area contributed by atoms with Gasteiger partial charge in [-0.15, -0.1) is 0 Å². The van der Waals surface area contributed by atoms with E-state index in [0.29, 0.717) is 22.5 Å². The van der Waals surface area contributed by atoms with Gasteiger partial charge in [0.15, 0.2) is 0 Å². The highest BCUT2D eigenvalue weighted by Crippen LogP contribution is 2.39. The van der Waals surface area contributed by atoms with Crippen LogP contribution in [-0.4, -0.2) is 21.0 Å². The summed E-state index contributed by atoms with van der Waals surface area (Å²) in [6.07, 6.45) is 1.66. The van der Waals surface area contributed by atoms with E-state index in [-0.39, 0.29) is 16.4 Å². The number of benzene rings is 2. The lowest BCUT2D eigenvalue weighted by molar-refractivity contribution is 0.423. The normalized spacial score (nSPS) is 12.8.